The average Bonchev–Trinajstić information content (AvgIpc) is 2.41. The molecule has 3 atom stereocenters. The second-order valence-electron chi connectivity index (χ2n) is 6.05. The minimum atomic E-state index is -0.0475. The predicted octanol–water partition coefficient (Wildman–Crippen LogP) is 3.65. The standard InChI is InChI=1S/C15H24BrN3O/c1-4-7-19-15(20)14(16)13(9-17-19)18-12-6-5-10(2)8-11(12)3/h9-12,18H,4-8H2,1-3H3. The summed E-state index contributed by atoms with van der Waals surface area (Å²) in [5, 5.41) is 7.75. The first-order chi connectivity index (χ1) is 9.52. The number of anilines is 1. The normalized spacial score (nSPS) is 26.5. The lowest BCUT2D eigenvalue weighted by molar-refractivity contribution is 0.276. The number of hydrogen-bond acceptors (Lipinski definition) is 3. The second-order valence-corrected chi connectivity index (χ2v) is 6.84. The maximum Gasteiger partial charge on any atom is 0.283 e. The van der Waals surface area contributed by atoms with Crippen LogP contribution in [0.2, 0.25) is 0 Å². The Kier molecular flexibility index (Phi) is 5.24. The first kappa shape index (κ1) is 15.5. The SMILES string of the molecule is CCCn1ncc(NC2CCC(C)CC2C)c(Br)c1=O. The fourth-order valence-electron chi connectivity index (χ4n) is 3.02. The van der Waals surface area contributed by atoms with Crippen molar-refractivity contribution in [1.82, 2.24) is 9.78 Å². The van der Waals surface area contributed by atoms with E-state index in [2.05, 4.69) is 40.2 Å². The molecule has 0 aromatic carbocycles. The minimum Gasteiger partial charge on any atom is -0.380 e. The topological polar surface area (TPSA) is 46.9 Å². The van der Waals surface area contributed by atoms with E-state index in [1.54, 1.807) is 6.20 Å². The van der Waals surface area contributed by atoms with Crippen LogP contribution in [-0.4, -0.2) is 15.8 Å². The lowest BCUT2D eigenvalue weighted by atomic mass is 9.80. The summed E-state index contributed by atoms with van der Waals surface area (Å²) in [6, 6.07) is 0.436. The van der Waals surface area contributed by atoms with Crippen molar-refractivity contribution in [2.24, 2.45) is 11.8 Å². The molecule has 0 spiro atoms. The number of halogens is 1. The molecule has 1 aliphatic rings. The first-order valence-electron chi connectivity index (χ1n) is 7.55. The number of hydrogen-bond donors (Lipinski definition) is 1. The number of nitrogens with zero attached hydrogens (tertiary/aromatic N) is 2. The zero-order chi connectivity index (χ0) is 14.7. The molecule has 1 heterocycles. The van der Waals surface area contributed by atoms with Gasteiger partial charge in [-0.15, -0.1) is 0 Å². The van der Waals surface area contributed by atoms with Crippen LogP contribution < -0.4 is 10.9 Å². The van der Waals surface area contributed by atoms with Gasteiger partial charge < -0.3 is 5.32 Å². The highest BCUT2D eigenvalue weighted by Gasteiger charge is 2.26. The largest absolute Gasteiger partial charge is 0.380 e. The summed E-state index contributed by atoms with van der Waals surface area (Å²) in [4.78, 5) is 12.2. The number of aromatic nitrogens is 2. The van der Waals surface area contributed by atoms with Gasteiger partial charge in [0.05, 0.1) is 11.9 Å². The summed E-state index contributed by atoms with van der Waals surface area (Å²) in [7, 11) is 0. The Morgan fingerprint density at radius 3 is 2.85 bits per heavy atom. The van der Waals surface area contributed by atoms with Crippen LogP contribution in [0, 0.1) is 11.8 Å². The van der Waals surface area contributed by atoms with E-state index >= 15 is 0 Å². The molecule has 1 aliphatic carbocycles. The van der Waals surface area contributed by atoms with Crippen LogP contribution in [0.4, 0.5) is 5.69 Å². The molecule has 1 aromatic rings. The van der Waals surface area contributed by atoms with Gasteiger partial charge in [-0.05, 0) is 53.4 Å². The van der Waals surface area contributed by atoms with Gasteiger partial charge in [-0.3, -0.25) is 4.79 Å². The van der Waals surface area contributed by atoms with Crippen molar-refractivity contribution in [1.29, 1.82) is 0 Å². The molecule has 5 heteroatoms. The smallest absolute Gasteiger partial charge is 0.283 e. The molecular formula is C15H24BrN3O. The fourth-order valence-corrected chi connectivity index (χ4v) is 3.44. The zero-order valence-electron chi connectivity index (χ0n) is 12.5. The number of rotatable bonds is 4. The van der Waals surface area contributed by atoms with Gasteiger partial charge in [-0.25, -0.2) is 4.68 Å². The van der Waals surface area contributed by atoms with Crippen molar-refractivity contribution in [3.05, 3.63) is 21.0 Å². The zero-order valence-corrected chi connectivity index (χ0v) is 14.1. The highest BCUT2D eigenvalue weighted by atomic mass is 79.9. The van der Waals surface area contributed by atoms with E-state index in [4.69, 9.17) is 0 Å². The minimum absolute atomic E-state index is 0.0475. The molecule has 3 unspecified atom stereocenters. The molecule has 4 nitrogen and oxygen atoms in total. The van der Waals surface area contributed by atoms with Crippen molar-refractivity contribution >= 4 is 21.6 Å². The van der Waals surface area contributed by atoms with Gasteiger partial charge in [0.2, 0.25) is 0 Å². The van der Waals surface area contributed by atoms with Crippen molar-refractivity contribution in [2.45, 2.75) is 59.0 Å². The summed E-state index contributed by atoms with van der Waals surface area (Å²) in [6.45, 7) is 7.30. The van der Waals surface area contributed by atoms with Gasteiger partial charge in [0.15, 0.2) is 0 Å². The molecule has 0 bridgehead atoms. The van der Waals surface area contributed by atoms with E-state index in [1.165, 1.54) is 17.5 Å². The third kappa shape index (κ3) is 3.43. The van der Waals surface area contributed by atoms with Crippen LogP contribution in [-0.2, 0) is 6.54 Å². The molecule has 0 aliphatic heterocycles. The van der Waals surface area contributed by atoms with E-state index in [0.29, 0.717) is 23.0 Å². The Bertz CT molecular complexity index is 514. The Morgan fingerprint density at radius 1 is 1.45 bits per heavy atom. The summed E-state index contributed by atoms with van der Waals surface area (Å²) in [5.41, 5.74) is 0.780. The first-order valence-corrected chi connectivity index (χ1v) is 8.34. The van der Waals surface area contributed by atoms with Crippen LogP contribution in [0.15, 0.2) is 15.5 Å². The Morgan fingerprint density at radius 2 is 2.20 bits per heavy atom. The van der Waals surface area contributed by atoms with Gasteiger partial charge in [-0.2, -0.15) is 5.10 Å². The van der Waals surface area contributed by atoms with Gasteiger partial charge in [0.1, 0.15) is 4.47 Å². The molecular weight excluding hydrogens is 318 g/mol. The van der Waals surface area contributed by atoms with Crippen molar-refractivity contribution in [3.8, 4) is 0 Å². The number of nitrogens with one attached hydrogen (secondary N) is 1. The monoisotopic (exact) mass is 341 g/mol. The van der Waals surface area contributed by atoms with Crippen molar-refractivity contribution in [3.63, 3.8) is 0 Å². The Labute approximate surface area is 129 Å². The quantitative estimate of drug-likeness (QED) is 0.909. The summed E-state index contributed by atoms with van der Waals surface area (Å²) < 4.78 is 2.12. The van der Waals surface area contributed by atoms with Crippen LogP contribution in [0.25, 0.3) is 0 Å². The van der Waals surface area contributed by atoms with Crippen LogP contribution >= 0.6 is 15.9 Å². The van der Waals surface area contributed by atoms with E-state index < -0.39 is 0 Å². The molecule has 1 aromatic heterocycles. The van der Waals surface area contributed by atoms with Gasteiger partial charge in [0, 0.05) is 12.6 Å². The molecule has 20 heavy (non-hydrogen) atoms. The lowest BCUT2D eigenvalue weighted by Gasteiger charge is -2.33. The summed E-state index contributed by atoms with van der Waals surface area (Å²) >= 11 is 3.42. The Balaban J connectivity index is 2.14. The summed E-state index contributed by atoms with van der Waals surface area (Å²) in [5.74, 6) is 1.44. The maximum atomic E-state index is 12.2. The Hall–Kier alpha value is -0.840. The highest BCUT2D eigenvalue weighted by Crippen LogP contribution is 2.31. The molecule has 0 saturated heterocycles. The van der Waals surface area contributed by atoms with E-state index in [9.17, 15) is 4.79 Å². The lowest BCUT2D eigenvalue weighted by Crippen LogP contribution is -2.34. The third-order valence-corrected chi connectivity index (χ3v) is 4.96. The average molecular weight is 342 g/mol. The van der Waals surface area contributed by atoms with Gasteiger partial charge in [-0.1, -0.05) is 20.8 Å². The highest BCUT2D eigenvalue weighted by molar-refractivity contribution is 9.10. The molecule has 112 valence electrons. The van der Waals surface area contributed by atoms with Crippen LogP contribution in [0.1, 0.15) is 46.5 Å². The van der Waals surface area contributed by atoms with E-state index in [-0.39, 0.29) is 5.56 Å². The predicted molar refractivity (Wildman–Crippen MR) is 86.1 cm³/mol. The van der Waals surface area contributed by atoms with Crippen molar-refractivity contribution < 1.29 is 0 Å². The molecule has 1 saturated carbocycles. The fraction of sp³-hybridized carbons (Fsp3) is 0.733. The van der Waals surface area contributed by atoms with E-state index in [1.807, 2.05) is 6.92 Å². The molecule has 0 radical (unpaired) electrons. The molecule has 2 rings (SSSR count). The van der Waals surface area contributed by atoms with E-state index in [0.717, 1.165) is 24.4 Å². The molecule has 1 N–H and O–H groups in total. The van der Waals surface area contributed by atoms with Crippen molar-refractivity contribution in [2.75, 3.05) is 5.32 Å². The van der Waals surface area contributed by atoms with Gasteiger partial charge in [0.25, 0.3) is 5.56 Å². The van der Waals surface area contributed by atoms with Gasteiger partial charge >= 0.3 is 0 Å². The van der Waals surface area contributed by atoms with Crippen LogP contribution in [0.5, 0.6) is 0 Å². The molecule has 1 fully saturated rings. The maximum absolute atomic E-state index is 12.2. The van der Waals surface area contributed by atoms with Crippen LogP contribution in [0.3, 0.4) is 0 Å². The number of aryl methyl sites for hydroxylation is 1. The summed E-state index contributed by atoms with van der Waals surface area (Å²) in [6.07, 6.45) is 6.33. The third-order valence-electron chi connectivity index (χ3n) is 4.19. The second kappa shape index (κ2) is 6.74. The molecule has 0 amide bonds.